The standard InChI is InChI=1S/C42H24O/c1-3-12-31-25(7-1)9-6-14-34(31)36-23-30(24-37-41-33-13-4-2-8-26(33)19-22-38(41)43-42(36)37)32-20-17-29-16-15-27-10-5-11-28-18-21-35(32)40(29)39(27)28/h1-24H. The minimum Gasteiger partial charge on any atom is -0.455 e. The van der Waals surface area contributed by atoms with E-state index >= 15 is 0 Å². The van der Waals surface area contributed by atoms with Gasteiger partial charge in [0.1, 0.15) is 11.2 Å². The normalized spacial score (nSPS) is 12.2. The molecular formula is C42H24O. The summed E-state index contributed by atoms with van der Waals surface area (Å²) in [6, 6.07) is 53.1. The summed E-state index contributed by atoms with van der Waals surface area (Å²) in [6.45, 7) is 0. The highest BCUT2D eigenvalue weighted by Gasteiger charge is 2.20. The fraction of sp³-hybridized carbons (Fsp3) is 0. The maximum Gasteiger partial charge on any atom is 0.143 e. The molecule has 0 saturated heterocycles. The van der Waals surface area contributed by atoms with Crippen molar-refractivity contribution in [1.82, 2.24) is 0 Å². The van der Waals surface area contributed by atoms with Gasteiger partial charge in [-0.05, 0) is 88.8 Å². The maximum atomic E-state index is 6.77. The maximum absolute atomic E-state index is 6.77. The zero-order valence-corrected chi connectivity index (χ0v) is 23.3. The van der Waals surface area contributed by atoms with Gasteiger partial charge in [-0.15, -0.1) is 0 Å². The first-order chi connectivity index (χ1) is 21.3. The average molecular weight is 545 g/mol. The predicted molar refractivity (Wildman–Crippen MR) is 183 cm³/mol. The van der Waals surface area contributed by atoms with Crippen molar-refractivity contribution in [2.75, 3.05) is 0 Å². The summed E-state index contributed by atoms with van der Waals surface area (Å²) < 4.78 is 6.77. The van der Waals surface area contributed by atoms with Gasteiger partial charge in [0.2, 0.25) is 0 Å². The van der Waals surface area contributed by atoms with Gasteiger partial charge in [-0.2, -0.15) is 0 Å². The van der Waals surface area contributed by atoms with Crippen LogP contribution in [0.4, 0.5) is 0 Å². The molecule has 0 aliphatic heterocycles. The van der Waals surface area contributed by atoms with Gasteiger partial charge in [0, 0.05) is 16.3 Å². The fourth-order valence-electron chi connectivity index (χ4n) is 7.45. The lowest BCUT2D eigenvalue weighted by Crippen LogP contribution is -1.89. The third-order valence-corrected chi connectivity index (χ3v) is 9.38. The Hall–Kier alpha value is -5.66. The van der Waals surface area contributed by atoms with Gasteiger partial charge < -0.3 is 4.42 Å². The Morgan fingerprint density at radius 1 is 0.326 bits per heavy atom. The lowest BCUT2D eigenvalue weighted by molar-refractivity contribution is 0.670. The monoisotopic (exact) mass is 544 g/mol. The van der Waals surface area contributed by atoms with E-state index in [9.17, 15) is 0 Å². The summed E-state index contributed by atoms with van der Waals surface area (Å²) >= 11 is 0. The second-order valence-electron chi connectivity index (χ2n) is 11.7. The van der Waals surface area contributed by atoms with E-state index in [2.05, 4.69) is 146 Å². The van der Waals surface area contributed by atoms with Crippen LogP contribution >= 0.6 is 0 Å². The number of rotatable bonds is 2. The Kier molecular flexibility index (Phi) is 4.51. The Bertz CT molecular complexity index is 2700. The summed E-state index contributed by atoms with van der Waals surface area (Å²) in [7, 11) is 0. The molecular weight excluding hydrogens is 520 g/mol. The topological polar surface area (TPSA) is 13.1 Å². The van der Waals surface area contributed by atoms with E-state index in [1.165, 1.54) is 75.9 Å². The Morgan fingerprint density at radius 2 is 0.953 bits per heavy atom. The van der Waals surface area contributed by atoms with Crippen LogP contribution in [0, 0.1) is 0 Å². The van der Waals surface area contributed by atoms with Crippen molar-refractivity contribution in [3.63, 3.8) is 0 Å². The van der Waals surface area contributed by atoms with Gasteiger partial charge in [-0.25, -0.2) is 0 Å². The Labute approximate surface area is 247 Å². The van der Waals surface area contributed by atoms with Crippen molar-refractivity contribution >= 4 is 75.8 Å². The smallest absolute Gasteiger partial charge is 0.143 e. The Morgan fingerprint density at radius 3 is 1.81 bits per heavy atom. The fourth-order valence-corrected chi connectivity index (χ4v) is 7.45. The molecule has 0 fully saturated rings. The van der Waals surface area contributed by atoms with Crippen LogP contribution < -0.4 is 0 Å². The second-order valence-corrected chi connectivity index (χ2v) is 11.7. The average Bonchev–Trinajstić information content (AvgIpc) is 3.46. The minimum atomic E-state index is 0.919. The van der Waals surface area contributed by atoms with E-state index < -0.39 is 0 Å². The zero-order chi connectivity index (χ0) is 28.1. The van der Waals surface area contributed by atoms with Crippen molar-refractivity contribution in [2.45, 2.75) is 0 Å². The van der Waals surface area contributed by atoms with Crippen molar-refractivity contribution in [1.29, 1.82) is 0 Å². The third-order valence-electron chi connectivity index (χ3n) is 9.38. The van der Waals surface area contributed by atoms with Crippen molar-refractivity contribution in [3.05, 3.63) is 146 Å². The predicted octanol–water partition coefficient (Wildman–Crippen LogP) is 12.1. The first kappa shape index (κ1) is 23.0. The SMILES string of the molecule is c1ccc2c(-c3cc(-c4ccc5ccc6cccc7ccc4c5c67)cc4c3oc3ccc5ccccc5c34)cccc2c1. The van der Waals surface area contributed by atoms with E-state index in [4.69, 9.17) is 4.42 Å². The molecule has 10 aromatic rings. The molecule has 0 unspecified atom stereocenters. The molecule has 43 heavy (non-hydrogen) atoms. The second kappa shape index (κ2) is 8.44. The molecule has 0 amide bonds. The van der Waals surface area contributed by atoms with Crippen LogP contribution in [-0.2, 0) is 0 Å². The highest BCUT2D eigenvalue weighted by atomic mass is 16.3. The zero-order valence-electron chi connectivity index (χ0n) is 23.3. The largest absolute Gasteiger partial charge is 0.455 e. The molecule has 0 radical (unpaired) electrons. The van der Waals surface area contributed by atoms with E-state index in [1.54, 1.807) is 0 Å². The van der Waals surface area contributed by atoms with Gasteiger partial charge in [0.05, 0.1) is 0 Å². The van der Waals surface area contributed by atoms with E-state index in [-0.39, 0.29) is 0 Å². The molecule has 1 nitrogen and oxygen atoms in total. The number of hydrogen-bond donors (Lipinski definition) is 0. The summed E-state index contributed by atoms with van der Waals surface area (Å²) in [4.78, 5) is 0. The molecule has 0 N–H and O–H groups in total. The van der Waals surface area contributed by atoms with Crippen LogP contribution in [0.15, 0.2) is 150 Å². The van der Waals surface area contributed by atoms with E-state index in [0.29, 0.717) is 0 Å². The van der Waals surface area contributed by atoms with Crippen LogP contribution in [-0.4, -0.2) is 0 Å². The van der Waals surface area contributed by atoms with Crippen LogP contribution in [0.2, 0.25) is 0 Å². The first-order valence-electron chi connectivity index (χ1n) is 14.8. The molecule has 0 spiro atoms. The van der Waals surface area contributed by atoms with Gasteiger partial charge >= 0.3 is 0 Å². The van der Waals surface area contributed by atoms with Crippen LogP contribution in [0.3, 0.4) is 0 Å². The van der Waals surface area contributed by atoms with Crippen molar-refractivity contribution < 1.29 is 4.42 Å². The summed E-state index contributed by atoms with van der Waals surface area (Å²) in [6.07, 6.45) is 0. The van der Waals surface area contributed by atoms with E-state index in [1.807, 2.05) is 0 Å². The number of benzene rings is 9. The van der Waals surface area contributed by atoms with Gasteiger partial charge in [-0.3, -0.25) is 0 Å². The molecule has 0 bridgehead atoms. The Balaban J connectivity index is 1.38. The molecule has 0 aliphatic carbocycles. The minimum absolute atomic E-state index is 0.919. The van der Waals surface area contributed by atoms with Crippen molar-refractivity contribution in [2.24, 2.45) is 0 Å². The lowest BCUT2D eigenvalue weighted by Gasteiger charge is -2.15. The molecule has 1 aromatic heterocycles. The summed E-state index contributed by atoms with van der Waals surface area (Å²) in [5.41, 5.74) is 6.60. The van der Waals surface area contributed by atoms with Gasteiger partial charge in [0.15, 0.2) is 0 Å². The van der Waals surface area contributed by atoms with Crippen LogP contribution in [0.1, 0.15) is 0 Å². The number of hydrogen-bond acceptors (Lipinski definition) is 1. The lowest BCUT2D eigenvalue weighted by atomic mass is 9.88. The van der Waals surface area contributed by atoms with Crippen LogP contribution in [0.5, 0.6) is 0 Å². The van der Waals surface area contributed by atoms with Gasteiger partial charge in [0.25, 0.3) is 0 Å². The van der Waals surface area contributed by atoms with Crippen LogP contribution in [0.25, 0.3) is 98.1 Å². The molecule has 0 aliphatic rings. The van der Waals surface area contributed by atoms with Gasteiger partial charge in [-0.1, -0.05) is 127 Å². The summed E-state index contributed by atoms with van der Waals surface area (Å²) in [5, 5.41) is 15.0. The third kappa shape index (κ3) is 3.17. The number of fused-ring (bicyclic) bond motifs is 6. The highest BCUT2D eigenvalue weighted by molar-refractivity contribution is 6.27. The summed E-state index contributed by atoms with van der Waals surface area (Å²) in [5.74, 6) is 0. The molecule has 0 atom stereocenters. The molecule has 1 heterocycles. The number of furan rings is 1. The quantitative estimate of drug-likeness (QED) is 0.197. The molecule has 10 rings (SSSR count). The van der Waals surface area contributed by atoms with E-state index in [0.717, 1.165) is 22.1 Å². The molecule has 198 valence electrons. The molecule has 9 aromatic carbocycles. The van der Waals surface area contributed by atoms with Crippen molar-refractivity contribution in [3.8, 4) is 22.3 Å². The molecule has 1 heteroatoms. The first-order valence-corrected chi connectivity index (χ1v) is 14.8. The molecule has 0 saturated carbocycles. The highest BCUT2D eigenvalue weighted by Crippen LogP contribution is 2.45.